The molecule has 2 amide bonds. The van der Waals surface area contributed by atoms with Crippen LogP contribution in [0.4, 0.5) is 0 Å². The monoisotopic (exact) mass is 390 g/mol. The first kappa shape index (κ1) is 21.9. The zero-order valence-corrected chi connectivity index (χ0v) is 17.2. The van der Waals surface area contributed by atoms with Crippen molar-refractivity contribution in [2.24, 2.45) is 0 Å². The fourth-order valence-corrected chi connectivity index (χ4v) is 3.13. The van der Waals surface area contributed by atoms with E-state index in [9.17, 15) is 9.59 Å². The van der Waals surface area contributed by atoms with Gasteiger partial charge in [-0.2, -0.15) is 0 Å². The van der Waals surface area contributed by atoms with Crippen LogP contribution in [0, 0.1) is 0 Å². The Labute approximate surface area is 166 Å². The summed E-state index contributed by atoms with van der Waals surface area (Å²) in [5, 5.41) is 0. The summed E-state index contributed by atoms with van der Waals surface area (Å²) in [5.41, 5.74) is 1.55. The first-order valence-electron chi connectivity index (χ1n) is 9.56. The van der Waals surface area contributed by atoms with Gasteiger partial charge in [0.1, 0.15) is 11.4 Å². The van der Waals surface area contributed by atoms with Gasteiger partial charge in [-0.15, -0.1) is 0 Å². The second-order valence-electron chi connectivity index (χ2n) is 6.54. The summed E-state index contributed by atoms with van der Waals surface area (Å²) in [6.07, 6.45) is 1.68. The average molecular weight is 390 g/mol. The normalized spacial score (nSPS) is 14.2. The van der Waals surface area contributed by atoms with E-state index in [2.05, 4.69) is 0 Å². The maximum absolute atomic E-state index is 13.2. The molecule has 1 aromatic carbocycles. The molecule has 154 valence electrons. The summed E-state index contributed by atoms with van der Waals surface area (Å²) >= 11 is 0. The molecule has 0 atom stereocenters. The molecule has 0 bridgehead atoms. The third kappa shape index (κ3) is 4.91. The molecular formula is C21H30N2O5. The van der Waals surface area contributed by atoms with Crippen molar-refractivity contribution >= 4 is 17.4 Å². The van der Waals surface area contributed by atoms with Gasteiger partial charge in [-0.1, -0.05) is 25.5 Å². The summed E-state index contributed by atoms with van der Waals surface area (Å²) in [6, 6.07) is 7.21. The van der Waals surface area contributed by atoms with Crippen LogP contribution in [0.5, 0.6) is 5.75 Å². The van der Waals surface area contributed by atoms with Crippen LogP contribution in [0.3, 0.4) is 0 Å². The number of amides is 2. The third-order valence-corrected chi connectivity index (χ3v) is 4.70. The number of unbranched alkanes of at least 4 members (excludes halogenated alkanes) is 1. The van der Waals surface area contributed by atoms with Gasteiger partial charge in [-0.05, 0) is 24.1 Å². The van der Waals surface area contributed by atoms with Gasteiger partial charge in [0.15, 0.2) is 0 Å². The second kappa shape index (κ2) is 10.8. The molecule has 0 saturated heterocycles. The van der Waals surface area contributed by atoms with Crippen molar-refractivity contribution in [2.75, 3.05) is 54.2 Å². The highest BCUT2D eigenvalue weighted by atomic mass is 16.5. The van der Waals surface area contributed by atoms with Crippen LogP contribution in [0.25, 0.3) is 5.57 Å². The zero-order chi connectivity index (χ0) is 20.5. The molecule has 0 aromatic heterocycles. The van der Waals surface area contributed by atoms with E-state index in [1.165, 1.54) is 4.90 Å². The summed E-state index contributed by atoms with van der Waals surface area (Å²) in [5.74, 6) is 0.191. The minimum atomic E-state index is -0.253. The number of hydrogen-bond donors (Lipinski definition) is 0. The number of methoxy groups -OCH3 is 3. The topological polar surface area (TPSA) is 68.3 Å². The molecule has 7 heteroatoms. The van der Waals surface area contributed by atoms with E-state index >= 15 is 0 Å². The molecule has 1 aliphatic heterocycles. The Morgan fingerprint density at radius 2 is 1.54 bits per heavy atom. The SMILES string of the molecule is CCCCN1C(=O)C(c2ccc(OC)cc2)=C(N(CCOC)CCOC)C1=O. The predicted molar refractivity (Wildman–Crippen MR) is 107 cm³/mol. The van der Waals surface area contributed by atoms with Crippen molar-refractivity contribution in [1.82, 2.24) is 9.80 Å². The predicted octanol–water partition coefficient (Wildman–Crippen LogP) is 2.17. The molecule has 1 aliphatic rings. The molecule has 1 aromatic rings. The van der Waals surface area contributed by atoms with Crippen molar-refractivity contribution in [3.05, 3.63) is 35.5 Å². The highest BCUT2D eigenvalue weighted by molar-refractivity contribution is 6.35. The molecule has 0 spiro atoms. The van der Waals surface area contributed by atoms with Crippen LogP contribution in [-0.4, -0.2) is 75.8 Å². The van der Waals surface area contributed by atoms with Crippen LogP contribution in [-0.2, 0) is 19.1 Å². The van der Waals surface area contributed by atoms with Crippen LogP contribution >= 0.6 is 0 Å². The Morgan fingerprint density at radius 1 is 0.929 bits per heavy atom. The number of imide groups is 1. The third-order valence-electron chi connectivity index (χ3n) is 4.70. The number of benzene rings is 1. The number of ether oxygens (including phenoxy) is 3. The van der Waals surface area contributed by atoms with Crippen molar-refractivity contribution < 1.29 is 23.8 Å². The summed E-state index contributed by atoms with van der Waals surface area (Å²) in [7, 11) is 4.82. The lowest BCUT2D eigenvalue weighted by atomic mass is 10.0. The van der Waals surface area contributed by atoms with Crippen LogP contribution in [0.15, 0.2) is 30.0 Å². The van der Waals surface area contributed by atoms with Crippen molar-refractivity contribution in [1.29, 1.82) is 0 Å². The smallest absolute Gasteiger partial charge is 0.277 e. The Hall–Kier alpha value is -2.38. The Bertz CT molecular complexity index is 691. The molecule has 0 N–H and O–H groups in total. The van der Waals surface area contributed by atoms with E-state index in [1.54, 1.807) is 33.5 Å². The Balaban J connectivity index is 2.49. The lowest BCUT2D eigenvalue weighted by molar-refractivity contribution is -0.137. The van der Waals surface area contributed by atoms with E-state index in [0.29, 0.717) is 55.4 Å². The molecule has 0 fully saturated rings. The van der Waals surface area contributed by atoms with Crippen molar-refractivity contribution in [3.63, 3.8) is 0 Å². The van der Waals surface area contributed by atoms with Gasteiger partial charge in [0, 0.05) is 33.9 Å². The molecule has 0 aliphatic carbocycles. The summed E-state index contributed by atoms with van der Waals surface area (Å²) < 4.78 is 15.6. The Morgan fingerprint density at radius 3 is 2.04 bits per heavy atom. The standard InChI is InChI=1S/C21H30N2O5/c1-5-6-11-23-20(24)18(16-7-9-17(28-4)10-8-16)19(21(23)25)22(12-14-26-2)13-15-27-3/h7-10H,5-6,11-15H2,1-4H3. The largest absolute Gasteiger partial charge is 0.497 e. The van der Waals surface area contributed by atoms with Gasteiger partial charge >= 0.3 is 0 Å². The maximum atomic E-state index is 13.2. The number of carbonyl (C=O) groups excluding carboxylic acids is 2. The highest BCUT2D eigenvalue weighted by Crippen LogP contribution is 2.32. The fourth-order valence-electron chi connectivity index (χ4n) is 3.13. The lowest BCUT2D eigenvalue weighted by Gasteiger charge is -2.25. The molecule has 0 unspecified atom stereocenters. The van der Waals surface area contributed by atoms with Crippen molar-refractivity contribution in [2.45, 2.75) is 19.8 Å². The Kier molecular flexibility index (Phi) is 8.47. The summed E-state index contributed by atoms with van der Waals surface area (Å²) in [4.78, 5) is 29.6. The first-order chi connectivity index (χ1) is 13.6. The molecule has 2 rings (SSSR count). The van der Waals surface area contributed by atoms with Gasteiger partial charge < -0.3 is 19.1 Å². The molecule has 7 nitrogen and oxygen atoms in total. The molecular weight excluding hydrogens is 360 g/mol. The molecule has 0 radical (unpaired) electrons. The maximum Gasteiger partial charge on any atom is 0.277 e. The van der Waals surface area contributed by atoms with Crippen molar-refractivity contribution in [3.8, 4) is 5.75 Å². The minimum absolute atomic E-state index is 0.251. The first-order valence-corrected chi connectivity index (χ1v) is 9.56. The fraction of sp³-hybridized carbons (Fsp3) is 0.524. The minimum Gasteiger partial charge on any atom is -0.497 e. The van der Waals surface area contributed by atoms with Crippen LogP contribution in [0.2, 0.25) is 0 Å². The van der Waals surface area contributed by atoms with E-state index in [0.717, 1.165) is 12.8 Å². The quantitative estimate of drug-likeness (QED) is 0.510. The van der Waals surface area contributed by atoms with E-state index in [-0.39, 0.29) is 11.8 Å². The average Bonchev–Trinajstić information content (AvgIpc) is 2.96. The number of nitrogens with zero attached hydrogens (tertiary/aromatic N) is 2. The van der Waals surface area contributed by atoms with E-state index < -0.39 is 0 Å². The number of rotatable bonds is 12. The van der Waals surface area contributed by atoms with E-state index in [4.69, 9.17) is 14.2 Å². The zero-order valence-electron chi connectivity index (χ0n) is 17.2. The van der Waals surface area contributed by atoms with E-state index in [1.807, 2.05) is 24.0 Å². The highest BCUT2D eigenvalue weighted by Gasteiger charge is 2.41. The van der Waals surface area contributed by atoms with Gasteiger partial charge in [-0.3, -0.25) is 14.5 Å². The molecule has 1 heterocycles. The van der Waals surface area contributed by atoms with Crippen LogP contribution < -0.4 is 4.74 Å². The molecule has 28 heavy (non-hydrogen) atoms. The van der Waals surface area contributed by atoms with Gasteiger partial charge in [0.2, 0.25) is 0 Å². The molecule has 0 saturated carbocycles. The van der Waals surface area contributed by atoms with Gasteiger partial charge in [-0.25, -0.2) is 0 Å². The lowest BCUT2D eigenvalue weighted by Crippen LogP contribution is -2.38. The number of hydrogen-bond acceptors (Lipinski definition) is 6. The number of carbonyl (C=O) groups is 2. The summed E-state index contributed by atoms with van der Waals surface area (Å²) in [6.45, 7) is 4.33. The second-order valence-corrected chi connectivity index (χ2v) is 6.54. The van der Waals surface area contributed by atoms with Crippen LogP contribution in [0.1, 0.15) is 25.3 Å². The van der Waals surface area contributed by atoms with Gasteiger partial charge in [0.25, 0.3) is 11.8 Å². The van der Waals surface area contributed by atoms with Gasteiger partial charge in [0.05, 0.1) is 25.9 Å².